The molecule has 1 amide bonds. The number of carbonyl (C=O) groups is 1. The van der Waals surface area contributed by atoms with Crippen LogP contribution in [-0.2, 0) is 4.79 Å². The van der Waals surface area contributed by atoms with Crippen molar-refractivity contribution in [1.82, 2.24) is 14.7 Å². The lowest BCUT2D eigenvalue weighted by atomic mass is 9.65. The predicted molar refractivity (Wildman–Crippen MR) is 103 cm³/mol. The molecule has 3 aliphatic rings. The lowest BCUT2D eigenvalue weighted by molar-refractivity contribution is -0.122. The van der Waals surface area contributed by atoms with Gasteiger partial charge in [0.2, 0.25) is 5.91 Å². The molecule has 1 aromatic rings. The Morgan fingerprint density at radius 3 is 2.58 bits per heavy atom. The first-order chi connectivity index (χ1) is 12.7. The maximum absolute atomic E-state index is 12.9. The first-order valence-corrected chi connectivity index (χ1v) is 10.5. The minimum Gasteiger partial charge on any atom is -0.327 e. The molecule has 26 heavy (non-hydrogen) atoms. The predicted octanol–water partition coefficient (Wildman–Crippen LogP) is 2.63. The first kappa shape index (κ1) is 18.0. The Bertz CT molecular complexity index is 607. The highest BCUT2D eigenvalue weighted by atomic mass is 16.2. The van der Waals surface area contributed by atoms with Crippen molar-refractivity contribution in [2.75, 3.05) is 25.0 Å². The van der Waals surface area contributed by atoms with Crippen LogP contribution in [0.2, 0.25) is 0 Å². The van der Waals surface area contributed by atoms with Crippen LogP contribution in [0.5, 0.6) is 0 Å². The molecule has 2 heterocycles. The van der Waals surface area contributed by atoms with Gasteiger partial charge in [-0.15, -0.1) is 0 Å². The van der Waals surface area contributed by atoms with Crippen LogP contribution in [0, 0.1) is 17.8 Å². The van der Waals surface area contributed by atoms with E-state index in [9.17, 15) is 4.79 Å². The van der Waals surface area contributed by atoms with Gasteiger partial charge in [-0.05, 0) is 56.9 Å². The lowest BCUT2D eigenvalue weighted by Gasteiger charge is -2.43. The van der Waals surface area contributed by atoms with Crippen molar-refractivity contribution < 1.29 is 4.79 Å². The molecule has 2 bridgehead atoms. The van der Waals surface area contributed by atoms with Gasteiger partial charge in [0.25, 0.3) is 0 Å². The van der Waals surface area contributed by atoms with Gasteiger partial charge in [0.1, 0.15) is 5.82 Å². The second-order valence-corrected chi connectivity index (χ2v) is 8.51. The number of nitrogens with two attached hydrogens (primary N) is 1. The van der Waals surface area contributed by atoms with Gasteiger partial charge in [0.05, 0.1) is 12.2 Å². The average Bonchev–Trinajstić information content (AvgIpc) is 3.09. The molecule has 4 rings (SSSR count). The molecule has 1 aromatic heterocycles. The van der Waals surface area contributed by atoms with E-state index in [-0.39, 0.29) is 11.8 Å². The fourth-order valence-electron chi connectivity index (χ4n) is 5.42. The Morgan fingerprint density at radius 2 is 1.92 bits per heavy atom. The largest absolute Gasteiger partial charge is 0.327 e. The van der Waals surface area contributed by atoms with Gasteiger partial charge < -0.3 is 16.0 Å². The van der Waals surface area contributed by atoms with Gasteiger partial charge >= 0.3 is 0 Å². The van der Waals surface area contributed by atoms with Crippen molar-refractivity contribution in [3.63, 3.8) is 0 Å². The summed E-state index contributed by atoms with van der Waals surface area (Å²) in [5, 5.41) is 7.72. The molecule has 0 radical (unpaired) electrons. The summed E-state index contributed by atoms with van der Waals surface area (Å²) in [5.41, 5.74) is 6.38. The van der Waals surface area contributed by atoms with Crippen LogP contribution < -0.4 is 11.1 Å². The monoisotopic (exact) mass is 359 g/mol. The van der Waals surface area contributed by atoms with E-state index in [1.165, 1.54) is 19.3 Å². The van der Waals surface area contributed by atoms with Crippen molar-refractivity contribution in [2.45, 2.75) is 64.0 Å². The van der Waals surface area contributed by atoms with E-state index >= 15 is 0 Å². The number of hydrogen-bond acceptors (Lipinski definition) is 4. The summed E-state index contributed by atoms with van der Waals surface area (Å²) in [5.74, 6) is 2.20. The Kier molecular flexibility index (Phi) is 5.32. The maximum Gasteiger partial charge on any atom is 0.228 e. The molecule has 2 atom stereocenters. The van der Waals surface area contributed by atoms with E-state index in [1.807, 2.05) is 16.9 Å². The molecule has 1 aliphatic heterocycles. The fraction of sp³-hybridized carbons (Fsp3) is 0.800. The van der Waals surface area contributed by atoms with Crippen LogP contribution in [0.3, 0.4) is 0 Å². The summed E-state index contributed by atoms with van der Waals surface area (Å²) < 4.78 is 2.04. The SMILES string of the molecule is CCN1CCC(n2nccc2NC(=O)C2CC3CCCC(C2)C3N)CC1. The quantitative estimate of drug-likeness (QED) is 0.866. The van der Waals surface area contributed by atoms with E-state index in [2.05, 4.69) is 22.2 Å². The molecule has 2 saturated carbocycles. The third-order valence-electron chi connectivity index (χ3n) is 7.06. The Morgan fingerprint density at radius 1 is 1.23 bits per heavy atom. The molecule has 3 N–H and O–H groups in total. The number of rotatable bonds is 4. The topological polar surface area (TPSA) is 76.2 Å². The number of piperidine rings is 1. The highest BCUT2D eigenvalue weighted by Gasteiger charge is 2.40. The zero-order chi connectivity index (χ0) is 18.1. The molecular formula is C20H33N5O. The number of aromatic nitrogens is 2. The minimum absolute atomic E-state index is 0.107. The number of amides is 1. The first-order valence-electron chi connectivity index (χ1n) is 10.5. The third kappa shape index (κ3) is 3.54. The van der Waals surface area contributed by atoms with E-state index < -0.39 is 0 Å². The van der Waals surface area contributed by atoms with E-state index in [0.29, 0.717) is 23.9 Å². The van der Waals surface area contributed by atoms with Crippen LogP contribution >= 0.6 is 0 Å². The van der Waals surface area contributed by atoms with Gasteiger partial charge in [0, 0.05) is 31.1 Å². The number of likely N-dealkylation sites (tertiary alicyclic amines) is 1. The van der Waals surface area contributed by atoms with Crippen LogP contribution in [-0.4, -0.2) is 46.3 Å². The molecule has 0 spiro atoms. The third-order valence-corrected chi connectivity index (χ3v) is 7.06. The fourth-order valence-corrected chi connectivity index (χ4v) is 5.42. The zero-order valence-corrected chi connectivity index (χ0v) is 15.9. The molecular weight excluding hydrogens is 326 g/mol. The Labute approximate surface area is 156 Å². The molecule has 1 saturated heterocycles. The smallest absolute Gasteiger partial charge is 0.228 e. The number of anilines is 1. The van der Waals surface area contributed by atoms with E-state index in [0.717, 1.165) is 51.1 Å². The standard InChI is InChI=1S/C20H33N5O/c1-2-24-10-7-17(8-11-24)25-18(6-9-22-25)23-20(26)16-12-14-4-3-5-15(13-16)19(14)21/h6,9,14-17,19H,2-5,7-8,10-13,21H2,1H3,(H,23,26). The summed E-state index contributed by atoms with van der Waals surface area (Å²) in [6.45, 7) is 5.55. The second-order valence-electron chi connectivity index (χ2n) is 8.51. The van der Waals surface area contributed by atoms with Gasteiger partial charge in [-0.1, -0.05) is 13.3 Å². The number of hydrogen-bond donors (Lipinski definition) is 2. The van der Waals surface area contributed by atoms with Crippen molar-refractivity contribution in [3.05, 3.63) is 12.3 Å². The lowest BCUT2D eigenvalue weighted by Crippen LogP contribution is -2.48. The summed E-state index contributed by atoms with van der Waals surface area (Å²) >= 11 is 0. The van der Waals surface area contributed by atoms with Crippen molar-refractivity contribution in [2.24, 2.45) is 23.5 Å². The molecule has 0 aromatic carbocycles. The molecule has 6 heteroatoms. The number of carbonyl (C=O) groups excluding carboxylic acids is 1. The van der Waals surface area contributed by atoms with Crippen molar-refractivity contribution >= 4 is 11.7 Å². The Hall–Kier alpha value is -1.40. The van der Waals surface area contributed by atoms with Crippen LogP contribution in [0.4, 0.5) is 5.82 Å². The number of nitrogens with zero attached hydrogens (tertiary/aromatic N) is 3. The minimum atomic E-state index is 0.107. The molecule has 2 aliphatic carbocycles. The Balaban J connectivity index is 1.39. The summed E-state index contributed by atoms with van der Waals surface area (Å²) in [6.07, 6.45) is 9.57. The summed E-state index contributed by atoms with van der Waals surface area (Å²) in [4.78, 5) is 15.4. The second kappa shape index (κ2) is 7.69. The van der Waals surface area contributed by atoms with Crippen LogP contribution in [0.15, 0.2) is 12.3 Å². The maximum atomic E-state index is 12.9. The molecule has 6 nitrogen and oxygen atoms in total. The van der Waals surface area contributed by atoms with Crippen LogP contribution in [0.25, 0.3) is 0 Å². The summed E-state index contributed by atoms with van der Waals surface area (Å²) in [7, 11) is 0. The average molecular weight is 360 g/mol. The van der Waals surface area contributed by atoms with Gasteiger partial charge in [0.15, 0.2) is 0 Å². The van der Waals surface area contributed by atoms with E-state index in [4.69, 9.17) is 5.73 Å². The highest BCUT2D eigenvalue weighted by molar-refractivity contribution is 5.91. The molecule has 3 fully saturated rings. The normalized spacial score (nSPS) is 33.2. The van der Waals surface area contributed by atoms with E-state index in [1.54, 1.807) is 0 Å². The molecule has 2 unspecified atom stereocenters. The zero-order valence-electron chi connectivity index (χ0n) is 15.9. The number of nitrogens with one attached hydrogen (secondary N) is 1. The van der Waals surface area contributed by atoms with Crippen molar-refractivity contribution in [1.29, 1.82) is 0 Å². The van der Waals surface area contributed by atoms with Crippen LogP contribution in [0.1, 0.15) is 57.9 Å². The highest BCUT2D eigenvalue weighted by Crippen LogP contribution is 2.42. The number of fused-ring (bicyclic) bond motifs is 2. The van der Waals surface area contributed by atoms with Gasteiger partial charge in [-0.25, -0.2) is 4.68 Å². The molecule has 144 valence electrons. The summed E-state index contributed by atoms with van der Waals surface area (Å²) in [6, 6.07) is 2.64. The van der Waals surface area contributed by atoms with Gasteiger partial charge in [-0.2, -0.15) is 5.10 Å². The van der Waals surface area contributed by atoms with Gasteiger partial charge in [-0.3, -0.25) is 4.79 Å². The van der Waals surface area contributed by atoms with Crippen molar-refractivity contribution in [3.8, 4) is 0 Å².